The summed E-state index contributed by atoms with van der Waals surface area (Å²) in [4.78, 5) is 0.974. The smallest absolute Gasteiger partial charge is 0.162 e. The van der Waals surface area contributed by atoms with E-state index in [1.54, 1.807) is 6.07 Å². The SMILES string of the molecule is CCCNC(Cc1cccc(F)c1F)c1snnc1C. The zero-order valence-electron chi connectivity index (χ0n) is 11.5. The number of nitrogens with one attached hydrogen (secondary N) is 1. The second-order valence-electron chi connectivity index (χ2n) is 4.65. The quantitative estimate of drug-likeness (QED) is 0.888. The minimum absolute atomic E-state index is 0.0914. The van der Waals surface area contributed by atoms with Crippen molar-refractivity contribution in [3.63, 3.8) is 0 Å². The van der Waals surface area contributed by atoms with Crippen LogP contribution in [0.15, 0.2) is 18.2 Å². The highest BCUT2D eigenvalue weighted by Gasteiger charge is 2.19. The van der Waals surface area contributed by atoms with Crippen LogP contribution >= 0.6 is 11.5 Å². The Kier molecular flexibility index (Phi) is 5.14. The average molecular weight is 297 g/mol. The Morgan fingerprint density at radius 3 is 2.80 bits per heavy atom. The highest BCUT2D eigenvalue weighted by molar-refractivity contribution is 7.05. The fraction of sp³-hybridized carbons (Fsp3) is 0.429. The van der Waals surface area contributed by atoms with E-state index in [0.29, 0.717) is 12.0 Å². The third-order valence-electron chi connectivity index (χ3n) is 3.10. The Morgan fingerprint density at radius 2 is 2.15 bits per heavy atom. The predicted octanol–water partition coefficient (Wildman–Crippen LogP) is 3.41. The van der Waals surface area contributed by atoms with Crippen LogP contribution < -0.4 is 5.32 Å². The van der Waals surface area contributed by atoms with Crippen LogP contribution in [0.25, 0.3) is 0 Å². The molecule has 0 aliphatic heterocycles. The third-order valence-corrected chi connectivity index (χ3v) is 4.04. The molecular formula is C14H17F2N3S. The van der Waals surface area contributed by atoms with Gasteiger partial charge in [0, 0.05) is 6.04 Å². The minimum Gasteiger partial charge on any atom is -0.309 e. The first-order valence-corrected chi connectivity index (χ1v) is 7.36. The van der Waals surface area contributed by atoms with Gasteiger partial charge in [0.1, 0.15) is 0 Å². The maximum absolute atomic E-state index is 13.8. The van der Waals surface area contributed by atoms with Crippen molar-refractivity contribution in [2.24, 2.45) is 0 Å². The first-order chi connectivity index (χ1) is 9.63. The van der Waals surface area contributed by atoms with E-state index >= 15 is 0 Å². The van der Waals surface area contributed by atoms with E-state index in [1.165, 1.54) is 17.6 Å². The number of hydrogen-bond acceptors (Lipinski definition) is 4. The van der Waals surface area contributed by atoms with Crippen LogP contribution in [0.3, 0.4) is 0 Å². The summed E-state index contributed by atoms with van der Waals surface area (Å²) >= 11 is 1.30. The lowest BCUT2D eigenvalue weighted by molar-refractivity contribution is 0.478. The molecule has 0 amide bonds. The largest absolute Gasteiger partial charge is 0.309 e. The monoisotopic (exact) mass is 297 g/mol. The van der Waals surface area contributed by atoms with Gasteiger partial charge in [-0.25, -0.2) is 8.78 Å². The van der Waals surface area contributed by atoms with Gasteiger partial charge in [0.2, 0.25) is 0 Å². The Morgan fingerprint density at radius 1 is 1.35 bits per heavy atom. The maximum Gasteiger partial charge on any atom is 0.162 e. The number of hydrogen-bond donors (Lipinski definition) is 1. The minimum atomic E-state index is -0.809. The lowest BCUT2D eigenvalue weighted by Crippen LogP contribution is -2.24. The van der Waals surface area contributed by atoms with Crippen molar-refractivity contribution in [1.82, 2.24) is 14.9 Å². The molecule has 1 unspecified atom stereocenters. The molecule has 0 saturated heterocycles. The van der Waals surface area contributed by atoms with Crippen LogP contribution in [0.4, 0.5) is 8.78 Å². The molecule has 1 atom stereocenters. The normalized spacial score (nSPS) is 12.6. The Labute approximate surface area is 121 Å². The number of aryl methyl sites for hydroxylation is 1. The highest BCUT2D eigenvalue weighted by atomic mass is 32.1. The molecule has 0 saturated carbocycles. The number of halogens is 2. The van der Waals surface area contributed by atoms with Gasteiger partial charge < -0.3 is 5.32 Å². The van der Waals surface area contributed by atoms with Crippen LogP contribution in [-0.2, 0) is 6.42 Å². The zero-order valence-corrected chi connectivity index (χ0v) is 12.3. The molecule has 1 heterocycles. The second-order valence-corrected chi connectivity index (χ2v) is 5.43. The third kappa shape index (κ3) is 3.37. The van der Waals surface area contributed by atoms with Gasteiger partial charge in [0.25, 0.3) is 0 Å². The summed E-state index contributed by atoms with van der Waals surface area (Å²) in [5.41, 5.74) is 1.20. The fourth-order valence-electron chi connectivity index (χ4n) is 2.06. The molecule has 108 valence electrons. The fourth-order valence-corrected chi connectivity index (χ4v) is 2.78. The molecule has 6 heteroatoms. The molecule has 20 heavy (non-hydrogen) atoms. The number of aromatic nitrogens is 2. The standard InChI is InChI=1S/C14H17F2N3S/c1-3-7-17-12(14-9(2)18-19-20-14)8-10-5-4-6-11(15)13(10)16/h4-6,12,17H,3,7-8H2,1-2H3. The van der Waals surface area contributed by atoms with Crippen LogP contribution in [0.5, 0.6) is 0 Å². The summed E-state index contributed by atoms with van der Waals surface area (Å²) < 4.78 is 31.0. The highest BCUT2D eigenvalue weighted by Crippen LogP contribution is 2.25. The van der Waals surface area contributed by atoms with Crippen LogP contribution in [0.2, 0.25) is 0 Å². The van der Waals surface area contributed by atoms with Gasteiger partial charge in [-0.05, 0) is 49.5 Å². The number of nitrogens with zero attached hydrogens (tertiary/aromatic N) is 2. The van der Waals surface area contributed by atoms with E-state index in [1.807, 2.05) is 6.92 Å². The molecule has 1 N–H and O–H groups in total. The van der Waals surface area contributed by atoms with Crippen molar-refractivity contribution in [1.29, 1.82) is 0 Å². The molecule has 1 aromatic carbocycles. The van der Waals surface area contributed by atoms with Gasteiger partial charge in [0.15, 0.2) is 11.6 Å². The van der Waals surface area contributed by atoms with Gasteiger partial charge in [-0.1, -0.05) is 23.5 Å². The molecule has 3 nitrogen and oxygen atoms in total. The molecule has 0 aliphatic rings. The Balaban J connectivity index is 2.24. The van der Waals surface area contributed by atoms with Gasteiger partial charge in [0.05, 0.1) is 10.6 Å². The van der Waals surface area contributed by atoms with Crippen LogP contribution in [0, 0.1) is 18.6 Å². The van der Waals surface area contributed by atoms with E-state index in [-0.39, 0.29) is 6.04 Å². The molecule has 2 rings (SSSR count). The van der Waals surface area contributed by atoms with Gasteiger partial charge >= 0.3 is 0 Å². The Bertz CT molecular complexity index is 571. The van der Waals surface area contributed by atoms with E-state index in [0.717, 1.165) is 29.6 Å². The summed E-state index contributed by atoms with van der Waals surface area (Å²) in [7, 11) is 0. The molecule has 2 aromatic rings. The summed E-state index contributed by atoms with van der Waals surface area (Å²) in [6.45, 7) is 4.74. The summed E-state index contributed by atoms with van der Waals surface area (Å²) in [6.07, 6.45) is 1.35. The summed E-state index contributed by atoms with van der Waals surface area (Å²) in [5.74, 6) is -1.58. The van der Waals surface area contributed by atoms with Gasteiger partial charge in [-0.2, -0.15) is 0 Å². The van der Waals surface area contributed by atoms with Crippen molar-refractivity contribution in [3.05, 3.63) is 46.0 Å². The van der Waals surface area contributed by atoms with Gasteiger partial charge in [-0.15, -0.1) is 5.10 Å². The first-order valence-electron chi connectivity index (χ1n) is 6.58. The van der Waals surface area contributed by atoms with E-state index < -0.39 is 11.6 Å². The van der Waals surface area contributed by atoms with E-state index in [9.17, 15) is 8.78 Å². The first kappa shape index (κ1) is 15.0. The molecular weight excluding hydrogens is 280 g/mol. The molecule has 0 spiro atoms. The molecule has 0 bridgehead atoms. The van der Waals surface area contributed by atoms with Crippen molar-refractivity contribution < 1.29 is 8.78 Å². The van der Waals surface area contributed by atoms with Crippen LogP contribution in [0.1, 0.15) is 35.5 Å². The lowest BCUT2D eigenvalue weighted by atomic mass is 10.0. The second kappa shape index (κ2) is 6.85. The maximum atomic E-state index is 13.8. The molecule has 0 radical (unpaired) electrons. The van der Waals surface area contributed by atoms with Gasteiger partial charge in [-0.3, -0.25) is 0 Å². The van der Waals surface area contributed by atoms with Crippen molar-refractivity contribution in [3.8, 4) is 0 Å². The lowest BCUT2D eigenvalue weighted by Gasteiger charge is -2.17. The number of benzene rings is 1. The van der Waals surface area contributed by atoms with E-state index in [2.05, 4.69) is 21.8 Å². The van der Waals surface area contributed by atoms with Crippen molar-refractivity contribution >= 4 is 11.5 Å². The topological polar surface area (TPSA) is 37.8 Å². The molecule has 0 aliphatic carbocycles. The summed E-state index contributed by atoms with van der Waals surface area (Å²) in [5, 5.41) is 7.34. The Hall–Kier alpha value is -1.40. The zero-order chi connectivity index (χ0) is 14.5. The molecule has 1 aromatic heterocycles. The molecule has 0 fully saturated rings. The number of rotatable bonds is 6. The summed E-state index contributed by atoms with van der Waals surface area (Å²) in [6, 6.07) is 4.18. The predicted molar refractivity (Wildman–Crippen MR) is 75.7 cm³/mol. The van der Waals surface area contributed by atoms with Crippen LogP contribution in [-0.4, -0.2) is 16.1 Å². The van der Waals surface area contributed by atoms with Crippen molar-refractivity contribution in [2.45, 2.75) is 32.7 Å². The average Bonchev–Trinajstić information content (AvgIpc) is 2.85. The van der Waals surface area contributed by atoms with Crippen molar-refractivity contribution in [2.75, 3.05) is 6.54 Å². The van der Waals surface area contributed by atoms with E-state index in [4.69, 9.17) is 0 Å².